The number of benzene rings is 1. The second-order valence-corrected chi connectivity index (χ2v) is 4.06. The Kier molecular flexibility index (Phi) is 4.39. The molecule has 0 aromatic heterocycles. The normalized spacial score (nSPS) is 10.8. The fourth-order valence-corrected chi connectivity index (χ4v) is 1.63. The molecule has 4 heteroatoms. The highest BCUT2D eigenvalue weighted by molar-refractivity contribution is 6.32. The third-order valence-electron chi connectivity index (χ3n) is 2.29. The van der Waals surface area contributed by atoms with Crippen LogP contribution < -0.4 is 10.2 Å². The minimum atomic E-state index is 0.315. The average molecular weight is 230 g/mol. The number of methoxy groups -OCH3 is 1. The van der Waals surface area contributed by atoms with Crippen LogP contribution in [0.3, 0.4) is 0 Å². The van der Waals surface area contributed by atoms with Crippen LogP contribution in [0.15, 0.2) is 12.1 Å². The number of halogens is 1. The average Bonchev–Trinajstić information content (AvgIpc) is 2.21. The van der Waals surface area contributed by atoms with Crippen LogP contribution in [0.2, 0.25) is 5.02 Å². The summed E-state index contributed by atoms with van der Waals surface area (Å²) < 4.78 is 5.18. The Hall–Kier alpha value is -0.770. The molecule has 0 unspecified atom stereocenters. The van der Waals surface area contributed by atoms with Crippen molar-refractivity contribution in [2.45, 2.75) is 26.3 Å². The van der Waals surface area contributed by atoms with Gasteiger partial charge >= 0.3 is 0 Å². The Labute approximate surface area is 95.0 Å². The van der Waals surface area contributed by atoms with Crippen LogP contribution in [0.1, 0.15) is 30.9 Å². The third kappa shape index (κ3) is 2.84. The van der Waals surface area contributed by atoms with Crippen molar-refractivity contribution in [3.05, 3.63) is 28.3 Å². The third-order valence-corrected chi connectivity index (χ3v) is 2.72. The maximum absolute atomic E-state index is 8.69. The minimum absolute atomic E-state index is 0.315. The molecule has 0 aliphatic heterocycles. The highest BCUT2D eigenvalue weighted by Gasteiger charge is 2.11. The van der Waals surface area contributed by atoms with Crippen molar-refractivity contribution in [2.75, 3.05) is 7.11 Å². The first-order valence-electron chi connectivity index (χ1n) is 4.83. The SMILES string of the molecule is COc1cc(C(C)C)cc(CNO)c1Cl. The number of ether oxygens (including phenoxy) is 1. The highest BCUT2D eigenvalue weighted by Crippen LogP contribution is 2.32. The second-order valence-electron chi connectivity index (χ2n) is 3.69. The minimum Gasteiger partial charge on any atom is -0.495 e. The van der Waals surface area contributed by atoms with Gasteiger partial charge in [-0.1, -0.05) is 31.5 Å². The van der Waals surface area contributed by atoms with Gasteiger partial charge < -0.3 is 9.94 Å². The molecular weight excluding hydrogens is 214 g/mol. The molecule has 1 rings (SSSR count). The van der Waals surface area contributed by atoms with E-state index in [-0.39, 0.29) is 0 Å². The number of hydroxylamine groups is 1. The lowest BCUT2D eigenvalue weighted by Gasteiger charge is -2.13. The van der Waals surface area contributed by atoms with Gasteiger partial charge in [0, 0.05) is 6.54 Å². The lowest BCUT2D eigenvalue weighted by molar-refractivity contribution is 0.161. The maximum atomic E-state index is 8.69. The van der Waals surface area contributed by atoms with Crippen molar-refractivity contribution in [3.63, 3.8) is 0 Å². The molecule has 3 nitrogen and oxygen atoms in total. The molecule has 0 atom stereocenters. The van der Waals surface area contributed by atoms with Crippen LogP contribution in [0, 0.1) is 0 Å². The zero-order chi connectivity index (χ0) is 11.4. The highest BCUT2D eigenvalue weighted by atomic mass is 35.5. The van der Waals surface area contributed by atoms with E-state index in [1.54, 1.807) is 7.11 Å². The van der Waals surface area contributed by atoms with E-state index in [0.717, 1.165) is 11.1 Å². The van der Waals surface area contributed by atoms with E-state index < -0.39 is 0 Å². The van der Waals surface area contributed by atoms with Gasteiger partial charge in [-0.2, -0.15) is 0 Å². The molecule has 0 fully saturated rings. The zero-order valence-corrected chi connectivity index (χ0v) is 9.93. The molecule has 0 aliphatic carbocycles. The number of rotatable bonds is 4. The van der Waals surface area contributed by atoms with Crippen LogP contribution in [-0.2, 0) is 6.54 Å². The van der Waals surface area contributed by atoms with Gasteiger partial charge in [0.15, 0.2) is 0 Å². The van der Waals surface area contributed by atoms with Crippen molar-refractivity contribution >= 4 is 11.6 Å². The Morgan fingerprint density at radius 1 is 1.47 bits per heavy atom. The monoisotopic (exact) mass is 229 g/mol. The van der Waals surface area contributed by atoms with E-state index >= 15 is 0 Å². The fraction of sp³-hybridized carbons (Fsp3) is 0.455. The summed E-state index contributed by atoms with van der Waals surface area (Å²) in [6, 6.07) is 3.90. The van der Waals surface area contributed by atoms with Gasteiger partial charge in [0.1, 0.15) is 5.75 Å². The summed E-state index contributed by atoms with van der Waals surface area (Å²) in [6.45, 7) is 4.51. The van der Waals surface area contributed by atoms with E-state index in [9.17, 15) is 0 Å². The molecule has 0 heterocycles. The van der Waals surface area contributed by atoms with Crippen LogP contribution in [0.5, 0.6) is 5.75 Å². The number of hydrogen-bond donors (Lipinski definition) is 2. The van der Waals surface area contributed by atoms with E-state index in [0.29, 0.717) is 23.2 Å². The van der Waals surface area contributed by atoms with E-state index in [4.69, 9.17) is 21.5 Å². The first-order chi connectivity index (χ1) is 7.10. The molecule has 0 spiro atoms. The largest absolute Gasteiger partial charge is 0.495 e. The molecule has 15 heavy (non-hydrogen) atoms. The number of nitrogens with one attached hydrogen (secondary N) is 1. The number of hydrogen-bond acceptors (Lipinski definition) is 3. The molecule has 84 valence electrons. The lowest BCUT2D eigenvalue weighted by atomic mass is 10.0. The molecule has 0 bridgehead atoms. The molecule has 2 N–H and O–H groups in total. The Bertz CT molecular complexity index is 340. The molecular formula is C11H16ClNO2. The van der Waals surface area contributed by atoms with Crippen LogP contribution in [-0.4, -0.2) is 12.3 Å². The van der Waals surface area contributed by atoms with Crippen LogP contribution >= 0.6 is 11.6 Å². The van der Waals surface area contributed by atoms with Crippen LogP contribution in [0.25, 0.3) is 0 Å². The molecule has 0 saturated carbocycles. The predicted octanol–water partition coefficient (Wildman–Crippen LogP) is 2.95. The van der Waals surface area contributed by atoms with Crippen LogP contribution in [0.4, 0.5) is 0 Å². The van der Waals surface area contributed by atoms with Gasteiger partial charge in [-0.25, -0.2) is 5.48 Å². The van der Waals surface area contributed by atoms with Crippen molar-refractivity contribution in [2.24, 2.45) is 0 Å². The smallest absolute Gasteiger partial charge is 0.138 e. The van der Waals surface area contributed by atoms with Crippen molar-refractivity contribution in [1.29, 1.82) is 0 Å². The second kappa shape index (κ2) is 5.35. The summed E-state index contributed by atoms with van der Waals surface area (Å²) >= 11 is 6.09. The van der Waals surface area contributed by atoms with Crippen molar-refractivity contribution in [1.82, 2.24) is 5.48 Å². The van der Waals surface area contributed by atoms with Gasteiger partial charge in [0.05, 0.1) is 12.1 Å². The first kappa shape index (κ1) is 12.3. The predicted molar refractivity (Wildman–Crippen MR) is 60.7 cm³/mol. The fourth-order valence-electron chi connectivity index (χ4n) is 1.37. The molecule has 0 radical (unpaired) electrons. The van der Waals surface area contributed by atoms with Gasteiger partial charge in [0.2, 0.25) is 0 Å². The van der Waals surface area contributed by atoms with Gasteiger partial charge in [-0.05, 0) is 23.1 Å². The molecule has 0 amide bonds. The molecule has 1 aromatic rings. The summed E-state index contributed by atoms with van der Waals surface area (Å²) in [6.07, 6.45) is 0. The zero-order valence-electron chi connectivity index (χ0n) is 9.17. The summed E-state index contributed by atoms with van der Waals surface area (Å²) in [5, 5.41) is 9.23. The molecule has 0 aliphatic rings. The van der Waals surface area contributed by atoms with Crippen molar-refractivity contribution < 1.29 is 9.94 Å². The van der Waals surface area contributed by atoms with Crippen molar-refractivity contribution in [3.8, 4) is 5.75 Å². The lowest BCUT2D eigenvalue weighted by Crippen LogP contribution is -2.08. The quantitative estimate of drug-likeness (QED) is 0.780. The van der Waals surface area contributed by atoms with Gasteiger partial charge in [-0.15, -0.1) is 0 Å². The summed E-state index contributed by atoms with van der Waals surface area (Å²) in [4.78, 5) is 0. The molecule has 0 saturated heterocycles. The summed E-state index contributed by atoms with van der Waals surface area (Å²) in [5.74, 6) is 1.04. The summed E-state index contributed by atoms with van der Waals surface area (Å²) in [5.41, 5.74) is 4.08. The summed E-state index contributed by atoms with van der Waals surface area (Å²) in [7, 11) is 1.58. The first-order valence-corrected chi connectivity index (χ1v) is 5.21. The standard InChI is InChI=1S/C11H16ClNO2/c1-7(2)8-4-9(6-13-14)11(12)10(5-8)15-3/h4-5,7,13-14H,6H2,1-3H3. The Morgan fingerprint density at radius 2 is 2.13 bits per heavy atom. The van der Waals surface area contributed by atoms with Gasteiger partial charge in [0.25, 0.3) is 0 Å². The van der Waals surface area contributed by atoms with E-state index in [1.807, 2.05) is 12.1 Å². The maximum Gasteiger partial charge on any atom is 0.138 e. The van der Waals surface area contributed by atoms with E-state index in [1.165, 1.54) is 0 Å². The topological polar surface area (TPSA) is 41.5 Å². The Morgan fingerprint density at radius 3 is 2.60 bits per heavy atom. The van der Waals surface area contributed by atoms with Gasteiger partial charge in [-0.3, -0.25) is 0 Å². The van der Waals surface area contributed by atoms with E-state index in [2.05, 4.69) is 19.3 Å². The molecule has 1 aromatic carbocycles. The Balaban J connectivity index is 3.19.